The summed E-state index contributed by atoms with van der Waals surface area (Å²) >= 11 is 0. The van der Waals surface area contributed by atoms with Crippen molar-refractivity contribution in [3.63, 3.8) is 0 Å². The van der Waals surface area contributed by atoms with Crippen molar-refractivity contribution in [2.45, 2.75) is 54.4 Å². The van der Waals surface area contributed by atoms with E-state index in [0.717, 1.165) is 11.3 Å². The largest absolute Gasteiger partial charge is 0.512 e. The van der Waals surface area contributed by atoms with Gasteiger partial charge in [-0.1, -0.05) is 74.7 Å². The van der Waals surface area contributed by atoms with Gasteiger partial charge in [-0.15, -0.1) is 29.8 Å². The predicted octanol–water partition coefficient (Wildman–Crippen LogP) is 9.05. The second-order valence-electron chi connectivity index (χ2n) is 10.9. The van der Waals surface area contributed by atoms with E-state index in [-0.39, 0.29) is 31.6 Å². The fourth-order valence-electron chi connectivity index (χ4n) is 4.97. The predicted molar refractivity (Wildman–Crippen MR) is 155 cm³/mol. The Labute approximate surface area is 240 Å². The molecule has 0 spiro atoms. The summed E-state index contributed by atoms with van der Waals surface area (Å²) in [5, 5.41) is 11.8. The summed E-state index contributed by atoms with van der Waals surface area (Å²) in [6, 6.07) is 23.0. The van der Waals surface area contributed by atoms with Crippen LogP contribution in [0.25, 0.3) is 44.3 Å². The van der Waals surface area contributed by atoms with Gasteiger partial charge in [-0.05, 0) is 64.9 Å². The first-order chi connectivity index (χ1) is 17.6. The average Bonchev–Trinajstić information content (AvgIpc) is 2.93. The van der Waals surface area contributed by atoms with Crippen LogP contribution in [0.2, 0.25) is 0 Å². The molecule has 1 heterocycles. The number of hydrogen-bond donors (Lipinski definition) is 1. The van der Waals surface area contributed by atoms with E-state index in [1.165, 1.54) is 50.2 Å². The van der Waals surface area contributed by atoms with E-state index in [4.69, 9.17) is 4.98 Å². The molecule has 5 rings (SSSR count). The third-order valence-corrected chi connectivity index (χ3v) is 6.41. The van der Waals surface area contributed by atoms with Crippen LogP contribution in [0.3, 0.4) is 0 Å². The molecule has 0 atom stereocenters. The van der Waals surface area contributed by atoms with Crippen LogP contribution in [0, 0.1) is 31.7 Å². The van der Waals surface area contributed by atoms with Gasteiger partial charge in [-0.25, -0.2) is 0 Å². The maximum Gasteiger partial charge on any atom is 0.159 e. The van der Waals surface area contributed by atoms with Crippen molar-refractivity contribution in [2.75, 3.05) is 0 Å². The number of allylic oxidation sites excluding steroid dienone is 2. The number of carbonyl (C=O) groups excluding carboxylic acids is 1. The maximum absolute atomic E-state index is 11.2. The molecule has 0 aliphatic heterocycles. The Hall–Kier alpha value is -3.07. The quantitative estimate of drug-likeness (QED) is 0.114. The monoisotopic (exact) mass is 683 g/mol. The van der Waals surface area contributed by atoms with Crippen molar-refractivity contribution in [3.05, 3.63) is 89.8 Å². The van der Waals surface area contributed by atoms with Gasteiger partial charge in [-0.2, -0.15) is 0 Å². The number of aryl methyl sites for hydroxylation is 2. The van der Waals surface area contributed by atoms with Crippen LogP contribution in [-0.2, 0) is 24.9 Å². The van der Waals surface area contributed by atoms with Crippen LogP contribution in [-0.4, -0.2) is 15.9 Å². The zero-order chi connectivity index (χ0) is 26.7. The van der Waals surface area contributed by atoms with Crippen LogP contribution in [0.15, 0.2) is 72.6 Å². The van der Waals surface area contributed by atoms with Gasteiger partial charge in [0.15, 0.2) is 5.78 Å². The zero-order valence-corrected chi connectivity index (χ0v) is 25.5. The summed E-state index contributed by atoms with van der Waals surface area (Å²) < 4.78 is 0. The maximum atomic E-state index is 11.2. The van der Waals surface area contributed by atoms with Crippen LogP contribution < -0.4 is 0 Å². The Morgan fingerprint density at radius 1 is 0.895 bits per heavy atom. The van der Waals surface area contributed by atoms with Crippen molar-refractivity contribution in [3.8, 4) is 33.5 Å². The molecule has 1 N–H and O–H groups in total. The number of carbonyl (C=O) groups is 1. The molecule has 4 aromatic rings. The molecule has 0 saturated carbocycles. The zero-order valence-electron chi connectivity index (χ0n) is 23.1. The SMILES string of the molecule is CC(C)CC(=O)/C=C(\O)CC(C)C.Cc1ccc2c(c1)-c1ccc[c-]c1-c1nccc3cc(C)cc-2c13.[Ir]. The fourth-order valence-corrected chi connectivity index (χ4v) is 4.97. The third kappa shape index (κ3) is 6.67. The van der Waals surface area contributed by atoms with Crippen LogP contribution in [0.4, 0.5) is 0 Å². The number of hydrogen-bond acceptors (Lipinski definition) is 3. The molecule has 3 aromatic carbocycles. The molecule has 1 radical (unpaired) electrons. The number of aromatic nitrogens is 1. The minimum atomic E-state index is 0. The smallest absolute Gasteiger partial charge is 0.159 e. The number of ketones is 1. The first-order valence-electron chi connectivity index (χ1n) is 13.1. The minimum Gasteiger partial charge on any atom is -0.512 e. The van der Waals surface area contributed by atoms with Crippen molar-refractivity contribution in [1.29, 1.82) is 0 Å². The van der Waals surface area contributed by atoms with Crippen molar-refractivity contribution in [1.82, 2.24) is 4.98 Å². The van der Waals surface area contributed by atoms with Gasteiger partial charge in [0.2, 0.25) is 0 Å². The Morgan fingerprint density at radius 3 is 2.32 bits per heavy atom. The standard InChI is InChI=1S/C23H16N.C11H20O2.Ir/c1-14-7-8-18-20(12-14)17-5-3-4-6-19(17)23-22-16(9-10-24-23)11-15(2)13-21(18)22;1-8(2)5-10(12)7-11(13)6-9(3)4;/h3-5,7-13H,1-2H3;7-9,12H,5-6H2,1-4H3;/q-1;;/b;10-7-;. The third-order valence-electron chi connectivity index (χ3n) is 6.41. The molecular formula is C34H36IrNO2-. The molecule has 4 heteroatoms. The van der Waals surface area contributed by atoms with Gasteiger partial charge in [-0.3, -0.25) is 4.79 Å². The van der Waals surface area contributed by atoms with Gasteiger partial charge in [0.05, 0.1) is 5.76 Å². The number of pyridine rings is 1. The van der Waals surface area contributed by atoms with E-state index in [9.17, 15) is 9.90 Å². The Bertz CT molecular complexity index is 1480. The summed E-state index contributed by atoms with van der Waals surface area (Å²) in [4.78, 5) is 16.0. The summed E-state index contributed by atoms with van der Waals surface area (Å²) in [7, 11) is 0. The van der Waals surface area contributed by atoms with E-state index in [0.29, 0.717) is 24.7 Å². The fraction of sp³-hybridized carbons (Fsp3) is 0.294. The van der Waals surface area contributed by atoms with E-state index in [1.807, 2.05) is 40.0 Å². The number of benzene rings is 3. The number of aliphatic hydroxyl groups excluding tert-OH is 1. The van der Waals surface area contributed by atoms with Gasteiger partial charge < -0.3 is 10.1 Å². The molecule has 38 heavy (non-hydrogen) atoms. The first kappa shape index (κ1) is 29.5. The molecular weight excluding hydrogens is 647 g/mol. The van der Waals surface area contributed by atoms with Crippen LogP contribution in [0.5, 0.6) is 0 Å². The topological polar surface area (TPSA) is 50.2 Å². The van der Waals surface area contributed by atoms with Crippen molar-refractivity contribution >= 4 is 16.6 Å². The van der Waals surface area contributed by atoms with E-state index in [1.54, 1.807) is 0 Å². The second-order valence-corrected chi connectivity index (χ2v) is 10.9. The molecule has 0 fully saturated rings. The van der Waals surface area contributed by atoms with E-state index in [2.05, 4.69) is 68.4 Å². The molecule has 1 aliphatic carbocycles. The second kappa shape index (κ2) is 12.7. The van der Waals surface area contributed by atoms with Crippen LogP contribution >= 0.6 is 0 Å². The molecule has 3 nitrogen and oxygen atoms in total. The van der Waals surface area contributed by atoms with Gasteiger partial charge in [0.1, 0.15) is 0 Å². The van der Waals surface area contributed by atoms with E-state index >= 15 is 0 Å². The normalized spacial score (nSPS) is 11.7. The minimum absolute atomic E-state index is 0. The molecule has 0 unspecified atom stereocenters. The summed E-state index contributed by atoms with van der Waals surface area (Å²) in [5.74, 6) is 0.979. The van der Waals surface area contributed by atoms with Gasteiger partial charge in [0.25, 0.3) is 0 Å². The summed E-state index contributed by atoms with van der Waals surface area (Å²) in [6.45, 7) is 12.3. The van der Waals surface area contributed by atoms with Crippen molar-refractivity contribution in [2.24, 2.45) is 11.8 Å². The molecule has 0 saturated heterocycles. The first-order valence-corrected chi connectivity index (χ1v) is 13.1. The van der Waals surface area contributed by atoms with Gasteiger partial charge >= 0.3 is 0 Å². The molecule has 0 bridgehead atoms. The Morgan fingerprint density at radius 2 is 1.61 bits per heavy atom. The summed E-state index contributed by atoms with van der Waals surface area (Å²) in [5.41, 5.74) is 9.71. The van der Waals surface area contributed by atoms with Crippen LogP contribution in [0.1, 0.15) is 51.7 Å². The Balaban J connectivity index is 0.000000248. The van der Waals surface area contributed by atoms with Crippen molar-refractivity contribution < 1.29 is 30.0 Å². The van der Waals surface area contributed by atoms with E-state index < -0.39 is 0 Å². The number of fused-ring (bicyclic) bond motifs is 5. The molecule has 0 amide bonds. The van der Waals surface area contributed by atoms with Gasteiger partial charge in [0, 0.05) is 45.2 Å². The molecule has 199 valence electrons. The number of rotatable bonds is 5. The number of aliphatic hydroxyl groups is 1. The average molecular weight is 683 g/mol. The number of nitrogens with zero attached hydrogens (tertiary/aromatic N) is 1. The molecule has 1 aliphatic rings. The summed E-state index contributed by atoms with van der Waals surface area (Å²) in [6.07, 6.45) is 4.37. The molecule has 1 aromatic heterocycles. The Kier molecular flexibility index (Phi) is 9.82.